The van der Waals surface area contributed by atoms with E-state index < -0.39 is 0 Å². The molecule has 0 saturated heterocycles. The molecule has 1 saturated carbocycles. The van der Waals surface area contributed by atoms with E-state index in [0.29, 0.717) is 6.04 Å². The molecule has 0 spiro atoms. The first-order valence-electron chi connectivity index (χ1n) is 8.36. The lowest BCUT2D eigenvalue weighted by Crippen LogP contribution is -2.42. The van der Waals surface area contributed by atoms with E-state index in [4.69, 9.17) is 0 Å². The molecule has 7 heteroatoms. The first-order valence-corrected chi connectivity index (χ1v) is 9.41. The fourth-order valence-electron chi connectivity index (χ4n) is 2.83. The Kier molecular flexibility index (Phi) is 10.0. The van der Waals surface area contributed by atoms with Crippen LogP contribution in [-0.2, 0) is 6.54 Å². The van der Waals surface area contributed by atoms with Crippen molar-refractivity contribution in [1.82, 2.24) is 20.4 Å². The maximum Gasteiger partial charge on any atom is 0.191 e. The van der Waals surface area contributed by atoms with Gasteiger partial charge in [-0.2, -0.15) is 16.9 Å². The molecule has 1 aromatic heterocycles. The Morgan fingerprint density at radius 2 is 2.26 bits per heavy atom. The normalized spacial score (nSPS) is 21.1. The van der Waals surface area contributed by atoms with Gasteiger partial charge >= 0.3 is 0 Å². The molecule has 1 aliphatic rings. The number of thioether (sulfide) groups is 1. The molecule has 1 aromatic rings. The van der Waals surface area contributed by atoms with Gasteiger partial charge in [0.15, 0.2) is 5.96 Å². The van der Waals surface area contributed by atoms with Crippen LogP contribution in [0.25, 0.3) is 0 Å². The summed E-state index contributed by atoms with van der Waals surface area (Å²) in [5.74, 6) is 2.16. The van der Waals surface area contributed by atoms with Gasteiger partial charge in [-0.15, -0.1) is 24.0 Å². The second-order valence-electron chi connectivity index (χ2n) is 5.77. The van der Waals surface area contributed by atoms with Gasteiger partial charge in [0.2, 0.25) is 0 Å². The Hall–Kier alpha value is -0.440. The van der Waals surface area contributed by atoms with Crippen molar-refractivity contribution < 1.29 is 0 Å². The Labute approximate surface area is 161 Å². The number of nitrogens with one attached hydrogen (secondary N) is 2. The molecule has 2 atom stereocenters. The average molecular weight is 451 g/mol. The van der Waals surface area contributed by atoms with Crippen LogP contribution in [0, 0.1) is 6.92 Å². The topological polar surface area (TPSA) is 54.2 Å². The van der Waals surface area contributed by atoms with Crippen molar-refractivity contribution in [2.45, 2.75) is 57.9 Å². The van der Waals surface area contributed by atoms with Crippen LogP contribution in [0.3, 0.4) is 0 Å². The highest BCUT2D eigenvalue weighted by atomic mass is 127. The van der Waals surface area contributed by atoms with Gasteiger partial charge in [0.1, 0.15) is 0 Å². The number of nitrogens with zero attached hydrogens (tertiary/aromatic N) is 3. The summed E-state index contributed by atoms with van der Waals surface area (Å²) in [7, 11) is 0. The van der Waals surface area contributed by atoms with Crippen LogP contribution >= 0.6 is 35.7 Å². The summed E-state index contributed by atoms with van der Waals surface area (Å²) in [5.41, 5.74) is 1.19. The minimum absolute atomic E-state index is 0. The number of aromatic nitrogens is 2. The van der Waals surface area contributed by atoms with Crippen LogP contribution in [0.2, 0.25) is 0 Å². The zero-order valence-electron chi connectivity index (χ0n) is 14.4. The molecule has 2 N–H and O–H groups in total. The van der Waals surface area contributed by atoms with Gasteiger partial charge in [-0.1, -0.05) is 6.92 Å². The summed E-state index contributed by atoms with van der Waals surface area (Å²) in [4.78, 5) is 4.68. The lowest BCUT2D eigenvalue weighted by atomic mass is 10.2. The molecule has 1 aliphatic carbocycles. The summed E-state index contributed by atoms with van der Waals surface area (Å²) < 4.78 is 1.95. The number of guanidine groups is 1. The Morgan fingerprint density at radius 3 is 2.91 bits per heavy atom. The fourth-order valence-corrected chi connectivity index (χ4v) is 3.97. The number of hydrogen-bond acceptors (Lipinski definition) is 3. The summed E-state index contributed by atoms with van der Waals surface area (Å²) in [5, 5.41) is 12.1. The molecule has 0 bridgehead atoms. The monoisotopic (exact) mass is 451 g/mol. The molecular formula is C16H30IN5S. The zero-order chi connectivity index (χ0) is 15.8. The summed E-state index contributed by atoms with van der Waals surface area (Å²) in [6, 6.07) is 0.564. The maximum absolute atomic E-state index is 4.68. The third-order valence-corrected chi connectivity index (χ3v) is 5.07. The lowest BCUT2D eigenvalue weighted by molar-refractivity contribution is 0.600. The van der Waals surface area contributed by atoms with E-state index in [1.54, 1.807) is 0 Å². The van der Waals surface area contributed by atoms with Crippen LogP contribution in [0.15, 0.2) is 17.4 Å². The SMILES string of the molecule is CCNC(=NCCn1cc(C)cn1)NC1CCC(SCC)C1.I. The Balaban J connectivity index is 0.00000264. The summed E-state index contributed by atoms with van der Waals surface area (Å²) >= 11 is 2.09. The molecule has 0 aliphatic heterocycles. The van der Waals surface area contributed by atoms with E-state index in [1.165, 1.54) is 30.6 Å². The number of aryl methyl sites for hydroxylation is 1. The van der Waals surface area contributed by atoms with Crippen molar-refractivity contribution >= 4 is 41.7 Å². The van der Waals surface area contributed by atoms with Crippen molar-refractivity contribution in [2.24, 2.45) is 4.99 Å². The van der Waals surface area contributed by atoms with Crippen molar-refractivity contribution in [2.75, 3.05) is 18.8 Å². The lowest BCUT2D eigenvalue weighted by Gasteiger charge is -2.17. The molecule has 2 rings (SSSR count). The van der Waals surface area contributed by atoms with Crippen molar-refractivity contribution in [1.29, 1.82) is 0 Å². The highest BCUT2D eigenvalue weighted by Crippen LogP contribution is 2.29. The Bertz CT molecular complexity index is 477. The number of hydrogen-bond donors (Lipinski definition) is 2. The van der Waals surface area contributed by atoms with Gasteiger partial charge in [0, 0.05) is 24.0 Å². The highest BCUT2D eigenvalue weighted by molar-refractivity contribution is 14.0. The number of aliphatic imine (C=N–C) groups is 1. The van der Waals surface area contributed by atoms with E-state index in [2.05, 4.69) is 59.5 Å². The molecule has 2 unspecified atom stereocenters. The molecule has 0 aromatic carbocycles. The number of rotatable bonds is 7. The fraction of sp³-hybridized carbons (Fsp3) is 0.750. The van der Waals surface area contributed by atoms with Crippen LogP contribution in [0.5, 0.6) is 0 Å². The maximum atomic E-state index is 4.68. The Morgan fingerprint density at radius 1 is 1.43 bits per heavy atom. The van der Waals surface area contributed by atoms with Crippen molar-refractivity contribution in [3.05, 3.63) is 18.0 Å². The first kappa shape index (κ1) is 20.6. The van der Waals surface area contributed by atoms with Crippen molar-refractivity contribution in [3.8, 4) is 0 Å². The van der Waals surface area contributed by atoms with Gasteiger partial charge in [-0.3, -0.25) is 9.67 Å². The molecule has 0 radical (unpaired) electrons. The summed E-state index contributed by atoms with van der Waals surface area (Å²) in [6.07, 6.45) is 7.76. The van der Waals surface area contributed by atoms with Gasteiger partial charge in [0.05, 0.1) is 19.3 Å². The van der Waals surface area contributed by atoms with Crippen LogP contribution < -0.4 is 10.6 Å². The predicted molar refractivity (Wildman–Crippen MR) is 111 cm³/mol. The molecule has 1 heterocycles. The molecule has 23 heavy (non-hydrogen) atoms. The smallest absolute Gasteiger partial charge is 0.191 e. The first-order chi connectivity index (χ1) is 10.7. The molecule has 1 fully saturated rings. The third kappa shape index (κ3) is 7.32. The molecule has 5 nitrogen and oxygen atoms in total. The minimum atomic E-state index is 0. The number of halogens is 1. The van der Waals surface area contributed by atoms with Gasteiger partial charge in [-0.25, -0.2) is 0 Å². The minimum Gasteiger partial charge on any atom is -0.357 e. The highest BCUT2D eigenvalue weighted by Gasteiger charge is 2.24. The average Bonchev–Trinajstić information content (AvgIpc) is 3.09. The van der Waals surface area contributed by atoms with Crippen LogP contribution in [0.4, 0.5) is 0 Å². The van der Waals surface area contributed by atoms with Crippen molar-refractivity contribution in [3.63, 3.8) is 0 Å². The quantitative estimate of drug-likeness (QED) is 0.380. The van der Waals surface area contributed by atoms with E-state index in [9.17, 15) is 0 Å². The molecule has 0 amide bonds. The van der Waals surface area contributed by atoms with E-state index >= 15 is 0 Å². The third-order valence-electron chi connectivity index (χ3n) is 3.83. The second-order valence-corrected chi connectivity index (χ2v) is 7.35. The van der Waals surface area contributed by atoms with Gasteiger partial charge < -0.3 is 10.6 Å². The van der Waals surface area contributed by atoms with E-state index in [0.717, 1.165) is 30.8 Å². The van der Waals surface area contributed by atoms with Gasteiger partial charge in [-0.05, 0) is 44.4 Å². The van der Waals surface area contributed by atoms with Gasteiger partial charge in [0.25, 0.3) is 0 Å². The predicted octanol–water partition coefficient (Wildman–Crippen LogP) is 3.04. The van der Waals surface area contributed by atoms with Crippen LogP contribution in [-0.4, -0.2) is 45.9 Å². The molecule has 132 valence electrons. The largest absolute Gasteiger partial charge is 0.357 e. The second kappa shape index (κ2) is 11.2. The van der Waals surface area contributed by atoms with E-state index in [1.807, 2.05) is 10.9 Å². The van der Waals surface area contributed by atoms with E-state index in [-0.39, 0.29) is 24.0 Å². The molecular weight excluding hydrogens is 421 g/mol. The zero-order valence-corrected chi connectivity index (χ0v) is 17.6. The van der Waals surface area contributed by atoms with Crippen LogP contribution in [0.1, 0.15) is 38.7 Å². The standard InChI is InChI=1S/C16H29N5S.HI/c1-4-17-16(18-8-9-21-12-13(3)11-19-21)20-14-6-7-15(10-14)22-5-2;/h11-12,14-15H,4-10H2,1-3H3,(H2,17,18,20);1H. The summed E-state index contributed by atoms with van der Waals surface area (Å²) in [6.45, 7) is 8.88.